The van der Waals surface area contributed by atoms with E-state index in [-0.39, 0.29) is 6.04 Å². The average Bonchev–Trinajstić information content (AvgIpc) is 2.66. The van der Waals surface area contributed by atoms with E-state index in [9.17, 15) is 5.11 Å². The second-order valence-electron chi connectivity index (χ2n) is 7.23. The van der Waals surface area contributed by atoms with Crippen LogP contribution in [-0.2, 0) is 6.42 Å². The molecule has 27 heavy (non-hydrogen) atoms. The van der Waals surface area contributed by atoms with Crippen molar-refractivity contribution in [1.82, 2.24) is 5.32 Å². The predicted molar refractivity (Wildman–Crippen MR) is 109 cm³/mol. The van der Waals surface area contributed by atoms with Crippen LogP contribution in [0.2, 0.25) is 0 Å². The van der Waals surface area contributed by atoms with Crippen molar-refractivity contribution in [3.8, 4) is 28.4 Å². The summed E-state index contributed by atoms with van der Waals surface area (Å²) in [6.07, 6.45) is 0.921. The molecule has 1 aliphatic rings. The zero-order valence-corrected chi connectivity index (χ0v) is 16.2. The summed E-state index contributed by atoms with van der Waals surface area (Å²) >= 11 is 0. The lowest BCUT2D eigenvalue weighted by molar-refractivity contribution is 0.405. The Hall–Kier alpha value is -2.72. The Balaban J connectivity index is 1.98. The van der Waals surface area contributed by atoms with Crippen molar-refractivity contribution in [3.63, 3.8) is 0 Å². The molecule has 3 aromatic rings. The summed E-state index contributed by atoms with van der Waals surface area (Å²) < 4.78 is 11.1. The van der Waals surface area contributed by atoms with Gasteiger partial charge in [-0.05, 0) is 55.0 Å². The Morgan fingerprint density at radius 2 is 1.63 bits per heavy atom. The maximum Gasteiger partial charge on any atom is 0.130 e. The van der Waals surface area contributed by atoms with Crippen LogP contribution >= 0.6 is 0 Å². The first kappa shape index (κ1) is 17.7. The van der Waals surface area contributed by atoms with E-state index in [0.717, 1.165) is 45.4 Å². The van der Waals surface area contributed by atoms with Crippen LogP contribution in [0, 0.1) is 0 Å². The number of fused-ring (bicyclic) bond motifs is 2. The number of methoxy groups -OCH3 is 2. The molecule has 0 fully saturated rings. The standard InChI is InChI=1S/C23H25NO3/c1-13-12-15-8-9-18(23(25)21(15)14(2)24-13)16-10-11-20(27-4)22-17(16)6-5-7-19(22)26-3/h5-11,13-14,24-25H,12H2,1-4H3. The Bertz CT molecular complexity index is 1000. The molecule has 4 nitrogen and oxygen atoms in total. The van der Waals surface area contributed by atoms with Gasteiger partial charge in [-0.3, -0.25) is 0 Å². The van der Waals surface area contributed by atoms with Gasteiger partial charge in [0.05, 0.1) is 19.6 Å². The number of phenolic OH excluding ortho intramolecular Hbond substituents is 1. The zero-order valence-electron chi connectivity index (χ0n) is 16.2. The van der Waals surface area contributed by atoms with Gasteiger partial charge in [0.1, 0.15) is 17.2 Å². The number of ether oxygens (including phenoxy) is 2. The van der Waals surface area contributed by atoms with Gasteiger partial charge in [-0.15, -0.1) is 0 Å². The summed E-state index contributed by atoms with van der Waals surface area (Å²) in [7, 11) is 3.32. The molecule has 0 saturated heterocycles. The minimum Gasteiger partial charge on any atom is -0.507 e. The Morgan fingerprint density at radius 3 is 2.37 bits per heavy atom. The molecule has 2 atom stereocenters. The van der Waals surface area contributed by atoms with E-state index >= 15 is 0 Å². The molecule has 0 aliphatic carbocycles. The highest BCUT2D eigenvalue weighted by Crippen LogP contribution is 2.45. The number of nitrogens with one attached hydrogen (secondary N) is 1. The topological polar surface area (TPSA) is 50.7 Å². The van der Waals surface area contributed by atoms with E-state index in [1.165, 1.54) is 5.56 Å². The van der Waals surface area contributed by atoms with Gasteiger partial charge in [-0.2, -0.15) is 0 Å². The third kappa shape index (κ3) is 2.81. The molecule has 0 amide bonds. The molecule has 0 spiro atoms. The fourth-order valence-corrected chi connectivity index (χ4v) is 4.34. The van der Waals surface area contributed by atoms with Crippen LogP contribution < -0.4 is 14.8 Å². The number of rotatable bonds is 3. The Morgan fingerprint density at radius 1 is 0.926 bits per heavy atom. The molecule has 1 aliphatic heterocycles. The number of benzene rings is 3. The van der Waals surface area contributed by atoms with E-state index in [1.807, 2.05) is 36.4 Å². The first-order valence-electron chi connectivity index (χ1n) is 9.30. The van der Waals surface area contributed by atoms with Gasteiger partial charge in [-0.1, -0.05) is 24.3 Å². The van der Waals surface area contributed by atoms with Gasteiger partial charge < -0.3 is 19.9 Å². The monoisotopic (exact) mass is 363 g/mol. The third-order valence-corrected chi connectivity index (χ3v) is 5.50. The van der Waals surface area contributed by atoms with Crippen molar-refractivity contribution < 1.29 is 14.6 Å². The Labute approximate surface area is 159 Å². The van der Waals surface area contributed by atoms with Crippen LogP contribution in [0.25, 0.3) is 21.9 Å². The summed E-state index contributed by atoms with van der Waals surface area (Å²) in [6, 6.07) is 14.6. The van der Waals surface area contributed by atoms with Crippen LogP contribution in [0.3, 0.4) is 0 Å². The van der Waals surface area contributed by atoms with E-state index in [0.29, 0.717) is 11.8 Å². The second-order valence-corrected chi connectivity index (χ2v) is 7.23. The lowest BCUT2D eigenvalue weighted by Crippen LogP contribution is -2.36. The van der Waals surface area contributed by atoms with E-state index in [4.69, 9.17) is 9.47 Å². The van der Waals surface area contributed by atoms with Crippen LogP contribution in [0.1, 0.15) is 31.0 Å². The molecule has 3 aromatic carbocycles. The van der Waals surface area contributed by atoms with Crippen molar-refractivity contribution in [2.24, 2.45) is 0 Å². The van der Waals surface area contributed by atoms with Crippen molar-refractivity contribution in [1.29, 1.82) is 0 Å². The van der Waals surface area contributed by atoms with Crippen molar-refractivity contribution in [2.45, 2.75) is 32.4 Å². The maximum absolute atomic E-state index is 11.2. The van der Waals surface area contributed by atoms with Crippen LogP contribution in [-0.4, -0.2) is 25.4 Å². The molecular formula is C23H25NO3. The maximum atomic E-state index is 11.2. The summed E-state index contributed by atoms with van der Waals surface area (Å²) in [5.41, 5.74) is 4.01. The van der Waals surface area contributed by atoms with E-state index < -0.39 is 0 Å². The fraction of sp³-hybridized carbons (Fsp3) is 0.304. The second kappa shape index (κ2) is 6.78. The van der Waals surface area contributed by atoms with Gasteiger partial charge in [0.2, 0.25) is 0 Å². The molecule has 2 N–H and O–H groups in total. The molecule has 2 unspecified atom stereocenters. The molecule has 140 valence electrons. The van der Waals surface area contributed by atoms with E-state index in [1.54, 1.807) is 14.2 Å². The predicted octanol–water partition coefficient (Wildman–Crippen LogP) is 4.82. The molecule has 0 aromatic heterocycles. The fourth-order valence-electron chi connectivity index (χ4n) is 4.34. The van der Waals surface area contributed by atoms with Crippen LogP contribution in [0.4, 0.5) is 0 Å². The summed E-state index contributed by atoms with van der Waals surface area (Å²) in [6.45, 7) is 4.28. The highest BCUT2D eigenvalue weighted by molar-refractivity contribution is 6.04. The van der Waals surface area contributed by atoms with Gasteiger partial charge >= 0.3 is 0 Å². The van der Waals surface area contributed by atoms with Gasteiger partial charge in [0, 0.05) is 23.2 Å². The highest BCUT2D eigenvalue weighted by Gasteiger charge is 2.26. The molecule has 4 heteroatoms. The van der Waals surface area contributed by atoms with Gasteiger partial charge in [0.15, 0.2) is 0 Å². The first-order valence-corrected chi connectivity index (χ1v) is 9.30. The summed E-state index contributed by atoms with van der Waals surface area (Å²) in [5.74, 6) is 1.87. The minimum atomic E-state index is 0.114. The van der Waals surface area contributed by atoms with Crippen LogP contribution in [0.5, 0.6) is 17.2 Å². The van der Waals surface area contributed by atoms with Crippen molar-refractivity contribution in [2.75, 3.05) is 14.2 Å². The van der Waals surface area contributed by atoms with Crippen molar-refractivity contribution in [3.05, 3.63) is 53.6 Å². The number of hydrogen-bond acceptors (Lipinski definition) is 4. The van der Waals surface area contributed by atoms with E-state index in [2.05, 4.69) is 25.2 Å². The molecule has 0 saturated carbocycles. The molecule has 1 heterocycles. The largest absolute Gasteiger partial charge is 0.507 e. The van der Waals surface area contributed by atoms with Crippen LogP contribution in [0.15, 0.2) is 42.5 Å². The highest BCUT2D eigenvalue weighted by atomic mass is 16.5. The normalized spacial score (nSPS) is 19.0. The first-order chi connectivity index (χ1) is 13.0. The quantitative estimate of drug-likeness (QED) is 0.700. The SMILES string of the molecule is COc1cccc2c(-c3ccc4c(c3O)C(C)NC(C)C4)ccc(OC)c12. The molecule has 0 bridgehead atoms. The third-order valence-electron chi connectivity index (χ3n) is 5.50. The molecule has 4 rings (SSSR count). The van der Waals surface area contributed by atoms with Gasteiger partial charge in [-0.25, -0.2) is 0 Å². The molecule has 0 radical (unpaired) electrons. The van der Waals surface area contributed by atoms with Gasteiger partial charge in [0.25, 0.3) is 0 Å². The number of hydrogen-bond donors (Lipinski definition) is 2. The average molecular weight is 363 g/mol. The zero-order chi connectivity index (χ0) is 19.1. The molecular weight excluding hydrogens is 338 g/mol. The smallest absolute Gasteiger partial charge is 0.130 e. The minimum absolute atomic E-state index is 0.114. The lowest BCUT2D eigenvalue weighted by atomic mass is 9.86. The number of aromatic hydroxyl groups is 1. The lowest BCUT2D eigenvalue weighted by Gasteiger charge is -2.30. The van der Waals surface area contributed by atoms with Crippen molar-refractivity contribution >= 4 is 10.8 Å². The number of phenols is 1. The Kier molecular flexibility index (Phi) is 4.44. The summed E-state index contributed by atoms with van der Waals surface area (Å²) in [5, 5.41) is 16.6. The summed E-state index contributed by atoms with van der Waals surface area (Å²) in [4.78, 5) is 0.